The Hall–Kier alpha value is -0.610. The van der Waals surface area contributed by atoms with Crippen LogP contribution in [0.3, 0.4) is 0 Å². The van der Waals surface area contributed by atoms with Crippen molar-refractivity contribution in [3.8, 4) is 0 Å². The van der Waals surface area contributed by atoms with E-state index in [1.54, 1.807) is 0 Å². The summed E-state index contributed by atoms with van der Waals surface area (Å²) in [5.74, 6) is 0.294. The average molecular weight is 213 g/mol. The zero-order chi connectivity index (χ0) is 11.3. The molecule has 0 spiro atoms. The molecule has 0 N–H and O–H groups in total. The Morgan fingerprint density at radius 3 is 2.27 bits per heavy atom. The first kappa shape index (κ1) is 12.5. The van der Waals surface area contributed by atoms with E-state index in [2.05, 4.69) is 23.9 Å². The lowest BCUT2D eigenvalue weighted by Gasteiger charge is -2.35. The van der Waals surface area contributed by atoms with Gasteiger partial charge < -0.3 is 9.80 Å². The molecule has 1 amide bonds. The standard InChI is InChI=1S/C11H23N3O/c1-4-11(15)14-9-7-13(8-10-14)6-5-12(2)3/h4-10H2,1-3H3. The summed E-state index contributed by atoms with van der Waals surface area (Å²) in [4.78, 5) is 18.0. The van der Waals surface area contributed by atoms with Crippen LogP contribution >= 0.6 is 0 Å². The van der Waals surface area contributed by atoms with E-state index in [0.717, 1.165) is 39.3 Å². The summed E-state index contributed by atoms with van der Waals surface area (Å²) in [5, 5.41) is 0. The van der Waals surface area contributed by atoms with Gasteiger partial charge in [0, 0.05) is 45.7 Å². The summed E-state index contributed by atoms with van der Waals surface area (Å²) in [5.41, 5.74) is 0. The third-order valence-corrected chi connectivity index (χ3v) is 2.89. The predicted octanol–water partition coefficient (Wildman–Crippen LogP) is 0.102. The average Bonchev–Trinajstić information content (AvgIpc) is 2.26. The highest BCUT2D eigenvalue weighted by molar-refractivity contribution is 5.75. The molecular weight excluding hydrogens is 190 g/mol. The summed E-state index contributed by atoms with van der Waals surface area (Å²) in [6.45, 7) is 8.00. The van der Waals surface area contributed by atoms with Crippen LogP contribution in [-0.2, 0) is 4.79 Å². The maximum atomic E-state index is 11.4. The van der Waals surface area contributed by atoms with Crippen LogP contribution in [0.1, 0.15) is 13.3 Å². The monoisotopic (exact) mass is 213 g/mol. The van der Waals surface area contributed by atoms with Gasteiger partial charge in [0.05, 0.1) is 0 Å². The number of nitrogens with zero attached hydrogens (tertiary/aromatic N) is 3. The van der Waals surface area contributed by atoms with Crippen LogP contribution in [0.2, 0.25) is 0 Å². The second-order valence-corrected chi connectivity index (χ2v) is 4.38. The first-order valence-corrected chi connectivity index (χ1v) is 5.78. The molecule has 1 aliphatic rings. The lowest BCUT2D eigenvalue weighted by Crippen LogP contribution is -2.49. The van der Waals surface area contributed by atoms with Gasteiger partial charge in [-0.05, 0) is 14.1 Å². The fourth-order valence-electron chi connectivity index (χ4n) is 1.79. The Morgan fingerprint density at radius 2 is 1.80 bits per heavy atom. The molecule has 0 atom stereocenters. The molecule has 0 aromatic carbocycles. The first-order valence-electron chi connectivity index (χ1n) is 5.78. The third-order valence-electron chi connectivity index (χ3n) is 2.89. The van der Waals surface area contributed by atoms with E-state index in [-0.39, 0.29) is 0 Å². The maximum absolute atomic E-state index is 11.4. The third kappa shape index (κ3) is 4.18. The van der Waals surface area contributed by atoms with Gasteiger partial charge in [0.25, 0.3) is 0 Å². The second-order valence-electron chi connectivity index (χ2n) is 4.38. The van der Waals surface area contributed by atoms with Gasteiger partial charge in [0.1, 0.15) is 0 Å². The number of hydrogen-bond donors (Lipinski definition) is 0. The topological polar surface area (TPSA) is 26.8 Å². The molecule has 0 aromatic rings. The van der Waals surface area contributed by atoms with E-state index in [0.29, 0.717) is 12.3 Å². The molecule has 4 nitrogen and oxygen atoms in total. The van der Waals surface area contributed by atoms with E-state index >= 15 is 0 Å². The van der Waals surface area contributed by atoms with Gasteiger partial charge in [-0.2, -0.15) is 0 Å². The Bertz CT molecular complexity index is 198. The molecule has 1 saturated heterocycles. The molecule has 4 heteroatoms. The molecule has 0 saturated carbocycles. The van der Waals surface area contributed by atoms with Crippen molar-refractivity contribution in [3.05, 3.63) is 0 Å². The number of hydrogen-bond acceptors (Lipinski definition) is 3. The number of rotatable bonds is 4. The zero-order valence-corrected chi connectivity index (χ0v) is 10.2. The maximum Gasteiger partial charge on any atom is 0.222 e. The van der Waals surface area contributed by atoms with Crippen molar-refractivity contribution in [1.29, 1.82) is 0 Å². The second kappa shape index (κ2) is 6.08. The fraction of sp³-hybridized carbons (Fsp3) is 0.909. The van der Waals surface area contributed by atoms with Crippen LogP contribution in [0.25, 0.3) is 0 Å². The quantitative estimate of drug-likeness (QED) is 0.663. The van der Waals surface area contributed by atoms with Crippen LogP contribution in [-0.4, -0.2) is 74.0 Å². The summed E-state index contributed by atoms with van der Waals surface area (Å²) in [6.07, 6.45) is 0.637. The summed E-state index contributed by atoms with van der Waals surface area (Å²) in [7, 11) is 4.19. The molecule has 0 bridgehead atoms. The molecule has 88 valence electrons. The van der Waals surface area contributed by atoms with Gasteiger partial charge >= 0.3 is 0 Å². The van der Waals surface area contributed by atoms with Crippen LogP contribution in [0.5, 0.6) is 0 Å². The highest BCUT2D eigenvalue weighted by atomic mass is 16.2. The number of carbonyl (C=O) groups is 1. The minimum Gasteiger partial charge on any atom is -0.340 e. The van der Waals surface area contributed by atoms with Crippen molar-refractivity contribution in [2.75, 3.05) is 53.4 Å². The van der Waals surface area contributed by atoms with Gasteiger partial charge in [-0.15, -0.1) is 0 Å². The van der Waals surface area contributed by atoms with Gasteiger partial charge in [0.2, 0.25) is 5.91 Å². The van der Waals surface area contributed by atoms with Crippen molar-refractivity contribution < 1.29 is 4.79 Å². The Morgan fingerprint density at radius 1 is 1.20 bits per heavy atom. The van der Waals surface area contributed by atoms with Crippen molar-refractivity contribution in [2.45, 2.75) is 13.3 Å². The molecule has 1 fully saturated rings. The largest absolute Gasteiger partial charge is 0.340 e. The highest BCUT2D eigenvalue weighted by Gasteiger charge is 2.19. The van der Waals surface area contributed by atoms with Crippen LogP contribution in [0.15, 0.2) is 0 Å². The lowest BCUT2D eigenvalue weighted by atomic mass is 10.3. The number of piperazine rings is 1. The summed E-state index contributed by atoms with van der Waals surface area (Å²) >= 11 is 0. The predicted molar refractivity (Wildman–Crippen MR) is 61.9 cm³/mol. The lowest BCUT2D eigenvalue weighted by molar-refractivity contribution is -0.132. The van der Waals surface area contributed by atoms with Crippen molar-refractivity contribution >= 4 is 5.91 Å². The van der Waals surface area contributed by atoms with Gasteiger partial charge in [-0.25, -0.2) is 0 Å². The van der Waals surface area contributed by atoms with Crippen LogP contribution < -0.4 is 0 Å². The zero-order valence-electron chi connectivity index (χ0n) is 10.2. The summed E-state index contributed by atoms with van der Waals surface area (Å²) < 4.78 is 0. The van der Waals surface area contributed by atoms with Crippen molar-refractivity contribution in [2.24, 2.45) is 0 Å². The molecular formula is C11H23N3O. The van der Waals surface area contributed by atoms with Crippen molar-refractivity contribution in [1.82, 2.24) is 14.7 Å². The molecule has 15 heavy (non-hydrogen) atoms. The number of amides is 1. The first-order chi connectivity index (χ1) is 7.13. The Kier molecular flexibility index (Phi) is 5.05. The van der Waals surface area contributed by atoms with Crippen molar-refractivity contribution in [3.63, 3.8) is 0 Å². The Labute approximate surface area is 92.8 Å². The van der Waals surface area contributed by atoms with Gasteiger partial charge in [-0.1, -0.05) is 6.92 Å². The van der Waals surface area contributed by atoms with Crippen LogP contribution in [0.4, 0.5) is 0 Å². The Balaban J connectivity index is 2.21. The molecule has 1 rings (SSSR count). The molecule has 0 radical (unpaired) electrons. The van der Waals surface area contributed by atoms with Gasteiger partial charge in [0.15, 0.2) is 0 Å². The summed E-state index contributed by atoms with van der Waals surface area (Å²) in [6, 6.07) is 0. The fourth-order valence-corrected chi connectivity index (χ4v) is 1.79. The van der Waals surface area contributed by atoms with E-state index in [4.69, 9.17) is 0 Å². The molecule has 1 heterocycles. The molecule has 0 unspecified atom stereocenters. The smallest absolute Gasteiger partial charge is 0.222 e. The minimum atomic E-state index is 0.294. The van der Waals surface area contributed by atoms with Crippen LogP contribution in [0, 0.1) is 0 Å². The SMILES string of the molecule is CCC(=O)N1CCN(CCN(C)C)CC1. The van der Waals surface area contributed by atoms with E-state index < -0.39 is 0 Å². The van der Waals surface area contributed by atoms with Gasteiger partial charge in [-0.3, -0.25) is 9.69 Å². The minimum absolute atomic E-state index is 0.294. The molecule has 1 aliphatic heterocycles. The van der Waals surface area contributed by atoms with E-state index in [1.807, 2.05) is 11.8 Å². The van der Waals surface area contributed by atoms with E-state index in [9.17, 15) is 4.79 Å². The normalized spacial score (nSPS) is 18.5. The molecule has 0 aromatic heterocycles. The number of carbonyl (C=O) groups excluding carboxylic acids is 1. The number of likely N-dealkylation sites (N-methyl/N-ethyl adjacent to an activating group) is 1. The van der Waals surface area contributed by atoms with E-state index in [1.165, 1.54) is 0 Å². The highest BCUT2D eigenvalue weighted by Crippen LogP contribution is 2.03. The molecule has 0 aliphatic carbocycles.